The maximum absolute atomic E-state index is 12.6. The van der Waals surface area contributed by atoms with Gasteiger partial charge < -0.3 is 14.5 Å². The summed E-state index contributed by atoms with van der Waals surface area (Å²) in [7, 11) is 0. The normalized spacial score (nSPS) is 14.0. The molecule has 154 valence electrons. The molecule has 0 aliphatic carbocycles. The van der Waals surface area contributed by atoms with E-state index in [2.05, 4.69) is 21.8 Å². The molecule has 3 rings (SSSR count). The van der Waals surface area contributed by atoms with Crippen molar-refractivity contribution in [1.29, 1.82) is 0 Å². The summed E-state index contributed by atoms with van der Waals surface area (Å²) in [6.07, 6.45) is 4.85. The largest absolute Gasteiger partial charge is 0.450 e. The van der Waals surface area contributed by atoms with E-state index in [4.69, 9.17) is 4.74 Å². The minimum absolute atomic E-state index is 0.0112. The van der Waals surface area contributed by atoms with Crippen LogP contribution in [-0.2, 0) is 16.1 Å². The molecule has 2 aromatic heterocycles. The van der Waals surface area contributed by atoms with Gasteiger partial charge in [0.25, 0.3) is 0 Å². The molecule has 0 bridgehead atoms. The van der Waals surface area contributed by atoms with E-state index in [-0.39, 0.29) is 17.8 Å². The van der Waals surface area contributed by atoms with Gasteiger partial charge in [-0.05, 0) is 19.1 Å². The fourth-order valence-electron chi connectivity index (χ4n) is 2.97. The first-order valence-corrected chi connectivity index (χ1v) is 10.4. The number of ether oxygens (including phenoxy) is 1. The van der Waals surface area contributed by atoms with Crippen LogP contribution in [0.25, 0.3) is 11.4 Å². The van der Waals surface area contributed by atoms with E-state index >= 15 is 0 Å². The average molecular weight is 417 g/mol. The number of thioether (sulfide) groups is 1. The lowest BCUT2D eigenvalue weighted by molar-refractivity contribution is -0.129. The summed E-state index contributed by atoms with van der Waals surface area (Å²) in [4.78, 5) is 31.8. The Hall–Kier alpha value is -2.88. The molecular weight excluding hydrogens is 392 g/mol. The maximum Gasteiger partial charge on any atom is 0.409 e. The van der Waals surface area contributed by atoms with Gasteiger partial charge in [-0.1, -0.05) is 17.8 Å². The average Bonchev–Trinajstić information content (AvgIpc) is 3.16. The van der Waals surface area contributed by atoms with Crippen molar-refractivity contribution in [2.45, 2.75) is 18.6 Å². The summed E-state index contributed by atoms with van der Waals surface area (Å²) in [5.41, 5.74) is 0.905. The molecule has 2 amide bonds. The summed E-state index contributed by atoms with van der Waals surface area (Å²) in [6, 6.07) is 3.73. The smallest absolute Gasteiger partial charge is 0.409 e. The lowest BCUT2D eigenvalue weighted by Crippen LogP contribution is -2.51. The van der Waals surface area contributed by atoms with Crippen molar-refractivity contribution in [3.8, 4) is 11.4 Å². The highest BCUT2D eigenvalue weighted by Gasteiger charge is 2.25. The number of nitrogens with zero attached hydrogens (tertiary/aromatic N) is 6. The van der Waals surface area contributed by atoms with Crippen LogP contribution in [-0.4, -0.2) is 80.1 Å². The van der Waals surface area contributed by atoms with E-state index in [9.17, 15) is 9.59 Å². The number of carbonyl (C=O) groups excluding carboxylic acids is 2. The molecule has 1 aliphatic heterocycles. The zero-order valence-corrected chi connectivity index (χ0v) is 17.2. The lowest BCUT2D eigenvalue weighted by atomic mass is 10.2. The van der Waals surface area contributed by atoms with Crippen LogP contribution in [0.3, 0.4) is 0 Å². The number of hydrogen-bond acceptors (Lipinski definition) is 7. The van der Waals surface area contributed by atoms with E-state index in [1.165, 1.54) is 11.8 Å². The van der Waals surface area contributed by atoms with Gasteiger partial charge in [0.05, 0.1) is 12.4 Å². The van der Waals surface area contributed by atoms with E-state index < -0.39 is 0 Å². The summed E-state index contributed by atoms with van der Waals surface area (Å²) < 4.78 is 6.94. The third-order valence-corrected chi connectivity index (χ3v) is 5.40. The van der Waals surface area contributed by atoms with Gasteiger partial charge in [-0.25, -0.2) is 4.79 Å². The fraction of sp³-hybridized carbons (Fsp3) is 0.421. The number of carbonyl (C=O) groups is 2. The van der Waals surface area contributed by atoms with Gasteiger partial charge in [-0.2, -0.15) is 0 Å². The Morgan fingerprint density at radius 2 is 1.86 bits per heavy atom. The molecule has 1 saturated heterocycles. The Kier molecular flexibility index (Phi) is 7.23. The van der Waals surface area contributed by atoms with Crippen LogP contribution >= 0.6 is 11.8 Å². The molecular formula is C19H24N6O3S. The van der Waals surface area contributed by atoms with E-state index in [1.807, 2.05) is 16.7 Å². The van der Waals surface area contributed by atoms with Gasteiger partial charge in [0.1, 0.15) is 0 Å². The third-order valence-electron chi connectivity index (χ3n) is 4.45. The number of amides is 2. The van der Waals surface area contributed by atoms with E-state index in [0.29, 0.717) is 50.3 Å². The second-order valence-electron chi connectivity index (χ2n) is 6.30. The Balaban J connectivity index is 1.59. The van der Waals surface area contributed by atoms with Crippen LogP contribution in [0.4, 0.5) is 4.79 Å². The zero-order valence-electron chi connectivity index (χ0n) is 16.4. The molecule has 0 aromatic carbocycles. The number of piperazine rings is 1. The first kappa shape index (κ1) is 20.8. The molecule has 29 heavy (non-hydrogen) atoms. The molecule has 0 N–H and O–H groups in total. The Morgan fingerprint density at radius 1 is 1.17 bits per heavy atom. The van der Waals surface area contributed by atoms with Gasteiger partial charge in [-0.3, -0.25) is 14.3 Å². The van der Waals surface area contributed by atoms with Gasteiger partial charge >= 0.3 is 6.09 Å². The third kappa shape index (κ3) is 5.14. The highest BCUT2D eigenvalue weighted by Crippen LogP contribution is 2.24. The first-order valence-electron chi connectivity index (χ1n) is 9.40. The standard InChI is InChI=1S/C19H24N6O3S/c1-3-9-25-17(15-5-7-20-8-6-15)21-22-18(25)29-14-16(26)23-10-12-24(13-11-23)19(27)28-4-2/h3,5-8H,1,4,9-14H2,2H3. The van der Waals surface area contributed by atoms with Crippen molar-refractivity contribution >= 4 is 23.8 Å². The number of pyridine rings is 1. The van der Waals surface area contributed by atoms with Crippen molar-refractivity contribution in [3.05, 3.63) is 37.2 Å². The van der Waals surface area contributed by atoms with Crippen LogP contribution < -0.4 is 0 Å². The van der Waals surface area contributed by atoms with E-state index in [0.717, 1.165) is 5.56 Å². The number of hydrogen-bond donors (Lipinski definition) is 0. The van der Waals surface area contributed by atoms with Crippen molar-refractivity contribution in [3.63, 3.8) is 0 Å². The Bertz CT molecular complexity index is 849. The number of allylic oxidation sites excluding steroid dienone is 1. The van der Waals surface area contributed by atoms with Crippen LogP contribution in [0, 0.1) is 0 Å². The van der Waals surface area contributed by atoms with Crippen LogP contribution in [0.5, 0.6) is 0 Å². The van der Waals surface area contributed by atoms with Crippen molar-refractivity contribution in [2.75, 3.05) is 38.5 Å². The van der Waals surface area contributed by atoms with Crippen molar-refractivity contribution in [2.24, 2.45) is 0 Å². The Morgan fingerprint density at radius 3 is 2.52 bits per heavy atom. The minimum Gasteiger partial charge on any atom is -0.450 e. The summed E-state index contributed by atoms with van der Waals surface area (Å²) in [5, 5.41) is 9.19. The summed E-state index contributed by atoms with van der Waals surface area (Å²) in [6.45, 7) is 8.43. The van der Waals surface area contributed by atoms with E-state index in [1.54, 1.807) is 35.2 Å². The monoisotopic (exact) mass is 416 g/mol. The van der Waals surface area contributed by atoms with Crippen molar-refractivity contribution < 1.29 is 14.3 Å². The highest BCUT2D eigenvalue weighted by molar-refractivity contribution is 7.99. The maximum atomic E-state index is 12.6. The molecule has 0 atom stereocenters. The second kappa shape index (κ2) is 10.1. The summed E-state index contributed by atoms with van der Waals surface area (Å²) in [5.74, 6) is 0.979. The molecule has 9 nitrogen and oxygen atoms in total. The summed E-state index contributed by atoms with van der Waals surface area (Å²) >= 11 is 1.35. The zero-order chi connectivity index (χ0) is 20.6. The molecule has 1 fully saturated rings. The second-order valence-corrected chi connectivity index (χ2v) is 7.24. The topological polar surface area (TPSA) is 93.5 Å². The van der Waals surface area contributed by atoms with Gasteiger partial charge in [-0.15, -0.1) is 16.8 Å². The van der Waals surface area contributed by atoms with Gasteiger partial charge in [0.2, 0.25) is 5.91 Å². The lowest BCUT2D eigenvalue weighted by Gasteiger charge is -2.34. The molecule has 0 unspecified atom stereocenters. The molecule has 0 saturated carbocycles. The quantitative estimate of drug-likeness (QED) is 0.503. The molecule has 10 heteroatoms. The van der Waals surface area contributed by atoms with Gasteiger partial charge in [0, 0.05) is 50.7 Å². The molecule has 0 spiro atoms. The van der Waals surface area contributed by atoms with Gasteiger partial charge in [0.15, 0.2) is 11.0 Å². The first-order chi connectivity index (χ1) is 14.1. The molecule has 0 radical (unpaired) electrons. The Labute approximate surface area is 173 Å². The highest BCUT2D eigenvalue weighted by atomic mass is 32.2. The predicted octanol–water partition coefficient (Wildman–Crippen LogP) is 1.92. The predicted molar refractivity (Wildman–Crippen MR) is 109 cm³/mol. The molecule has 2 aromatic rings. The number of rotatable bonds is 7. The number of aromatic nitrogens is 4. The van der Waals surface area contributed by atoms with Crippen LogP contribution in [0.2, 0.25) is 0 Å². The fourth-order valence-corrected chi connectivity index (χ4v) is 3.83. The van der Waals surface area contributed by atoms with Crippen LogP contribution in [0.15, 0.2) is 42.3 Å². The SMILES string of the molecule is C=CCn1c(SCC(=O)N2CCN(C(=O)OCC)CC2)nnc1-c1ccncc1. The van der Waals surface area contributed by atoms with Crippen LogP contribution in [0.1, 0.15) is 6.92 Å². The van der Waals surface area contributed by atoms with Crippen molar-refractivity contribution in [1.82, 2.24) is 29.5 Å². The molecule has 1 aliphatic rings. The minimum atomic E-state index is -0.324. The molecule has 3 heterocycles.